The first-order valence-corrected chi connectivity index (χ1v) is 2.86. The highest BCUT2D eigenvalue weighted by atomic mass is 31.1. The molecule has 2 rings (SSSR count). The molecule has 0 aromatic carbocycles. The maximum Gasteiger partial charge on any atom is 0.205 e. The predicted octanol–water partition coefficient (Wildman–Crippen LogP) is 0.884. The van der Waals surface area contributed by atoms with Crippen LogP contribution in [0.15, 0.2) is 19.5 Å². The monoisotopic (exact) mass is 124 g/mol. The van der Waals surface area contributed by atoms with Crippen LogP contribution in [-0.4, -0.2) is 18.0 Å². The smallest absolute Gasteiger partial charge is 0.205 e. The van der Waals surface area contributed by atoms with Crippen LogP contribution in [0.4, 0.5) is 0 Å². The van der Waals surface area contributed by atoms with Crippen LogP contribution < -0.4 is 0 Å². The highest BCUT2D eigenvalue weighted by Gasteiger charge is 2.13. The molecule has 0 fully saturated rings. The zero-order valence-corrected chi connectivity index (χ0v) is 4.71. The van der Waals surface area contributed by atoms with E-state index in [-0.39, 0.29) is 0 Å². The molecule has 0 amide bonds. The van der Waals surface area contributed by atoms with E-state index in [1.807, 2.05) is 0 Å². The van der Waals surface area contributed by atoms with Gasteiger partial charge in [-0.25, -0.2) is 9.98 Å². The molecule has 2 aliphatic heterocycles. The van der Waals surface area contributed by atoms with E-state index in [1.54, 1.807) is 0 Å². The van der Waals surface area contributed by atoms with Crippen molar-refractivity contribution in [3.63, 3.8) is 0 Å². The second-order valence-electron chi connectivity index (χ2n) is 1.31. The second-order valence-corrected chi connectivity index (χ2v) is 1.89. The molecule has 0 atom stereocenters. The van der Waals surface area contributed by atoms with Crippen molar-refractivity contribution in [1.29, 1.82) is 0 Å². The molecule has 0 aromatic rings. The molecule has 38 valence electrons. The van der Waals surface area contributed by atoms with Gasteiger partial charge in [-0.05, 0) is 0 Å². The number of hydrogen-bond acceptors (Lipinski definition) is 4. The maximum absolute atomic E-state index is 3.89. The van der Waals surface area contributed by atoms with Crippen LogP contribution in [0.25, 0.3) is 0 Å². The van der Waals surface area contributed by atoms with Gasteiger partial charge in [-0.2, -0.15) is 9.51 Å². The minimum absolute atomic E-state index is 0.673. The molecule has 0 aliphatic carbocycles. The van der Waals surface area contributed by atoms with Crippen LogP contribution in [0.2, 0.25) is 0 Å². The Hall–Kier alpha value is -0.890. The zero-order valence-electron chi connectivity index (χ0n) is 3.81. The average Bonchev–Trinajstić information content (AvgIpc) is 2.15. The minimum Gasteiger partial charge on any atom is -0.213 e. The number of amidine groups is 2. The molecule has 0 saturated carbocycles. The number of rotatable bonds is 0. The summed E-state index contributed by atoms with van der Waals surface area (Å²) in [5.74, 6) is 1.35. The van der Waals surface area contributed by atoms with Gasteiger partial charge in [-0.15, -0.1) is 0 Å². The first-order valence-electron chi connectivity index (χ1n) is 2.06. The molecule has 0 N–H and O–H groups in total. The lowest BCUT2D eigenvalue weighted by molar-refractivity contribution is 1.71. The van der Waals surface area contributed by atoms with Gasteiger partial charge in [0.1, 0.15) is 6.34 Å². The molecule has 8 heavy (non-hydrogen) atoms. The van der Waals surface area contributed by atoms with E-state index in [2.05, 4.69) is 19.5 Å². The Morgan fingerprint density at radius 1 is 1.38 bits per heavy atom. The minimum atomic E-state index is 0.673. The van der Waals surface area contributed by atoms with Crippen molar-refractivity contribution in [1.82, 2.24) is 0 Å². The molecule has 5 heteroatoms. The van der Waals surface area contributed by atoms with Crippen LogP contribution in [-0.2, 0) is 0 Å². The second kappa shape index (κ2) is 1.29. The molecule has 0 spiro atoms. The number of aliphatic imine (C=N–C) groups is 2. The molecule has 0 unspecified atom stereocenters. The maximum atomic E-state index is 3.89. The fourth-order valence-electron chi connectivity index (χ4n) is 0.502. The van der Waals surface area contributed by atoms with E-state index in [9.17, 15) is 0 Å². The SMILES string of the molecule is C1=NC2=NP=NC2=N1. The Morgan fingerprint density at radius 2 is 2.38 bits per heavy atom. The highest BCUT2D eigenvalue weighted by molar-refractivity contribution is 7.28. The van der Waals surface area contributed by atoms with Gasteiger partial charge >= 0.3 is 0 Å². The summed E-state index contributed by atoms with van der Waals surface area (Å²) in [6.45, 7) is 0. The summed E-state index contributed by atoms with van der Waals surface area (Å²) in [7, 11) is 0.715. The fraction of sp³-hybridized carbons (Fsp3) is 0. The summed E-state index contributed by atoms with van der Waals surface area (Å²) < 4.78 is 7.78. The molecule has 4 nitrogen and oxygen atoms in total. The van der Waals surface area contributed by atoms with Crippen LogP contribution in [0, 0.1) is 0 Å². The van der Waals surface area contributed by atoms with E-state index in [1.165, 1.54) is 6.34 Å². The average molecular weight is 124 g/mol. The van der Waals surface area contributed by atoms with Crippen molar-refractivity contribution < 1.29 is 0 Å². The van der Waals surface area contributed by atoms with E-state index in [0.717, 1.165) is 0 Å². The third-order valence-electron chi connectivity index (χ3n) is 0.839. The van der Waals surface area contributed by atoms with Gasteiger partial charge in [0, 0.05) is 0 Å². The molecule has 0 radical (unpaired) electrons. The van der Waals surface area contributed by atoms with E-state index < -0.39 is 0 Å². The van der Waals surface area contributed by atoms with Crippen LogP contribution in [0.5, 0.6) is 0 Å². The fourth-order valence-corrected chi connectivity index (χ4v) is 0.998. The topological polar surface area (TPSA) is 49.4 Å². The summed E-state index contributed by atoms with van der Waals surface area (Å²) in [6, 6.07) is 0. The molecule has 0 bridgehead atoms. The standard InChI is InChI=1S/C3HN4P/c1-4-2-3(5-1)7-8-6-2/h1H. The van der Waals surface area contributed by atoms with E-state index in [0.29, 0.717) is 20.2 Å². The first-order chi connectivity index (χ1) is 3.97. The normalized spacial score (nSPS) is 23.0. The van der Waals surface area contributed by atoms with Crippen molar-refractivity contribution in [2.24, 2.45) is 19.5 Å². The van der Waals surface area contributed by atoms with Crippen molar-refractivity contribution in [2.75, 3.05) is 0 Å². The van der Waals surface area contributed by atoms with Gasteiger partial charge in [0.25, 0.3) is 0 Å². The number of hydrogen-bond donors (Lipinski definition) is 0. The lowest BCUT2D eigenvalue weighted by Gasteiger charge is -1.76. The molecule has 0 aromatic heterocycles. The molecular formula is C3HN4P. The molecular weight excluding hydrogens is 123 g/mol. The number of nitrogens with zero attached hydrogens (tertiary/aromatic N) is 4. The largest absolute Gasteiger partial charge is 0.213 e. The van der Waals surface area contributed by atoms with E-state index >= 15 is 0 Å². The zero-order chi connectivity index (χ0) is 5.40. The summed E-state index contributed by atoms with van der Waals surface area (Å²) in [5, 5.41) is 0. The van der Waals surface area contributed by atoms with Crippen molar-refractivity contribution >= 4 is 26.5 Å². The predicted molar refractivity (Wildman–Crippen MR) is 32.7 cm³/mol. The highest BCUT2D eigenvalue weighted by Crippen LogP contribution is 2.15. The lowest BCUT2D eigenvalue weighted by Crippen LogP contribution is -1.97. The molecule has 2 heterocycles. The quantitative estimate of drug-likeness (QED) is 0.430. The van der Waals surface area contributed by atoms with Crippen molar-refractivity contribution in [3.05, 3.63) is 0 Å². The lowest BCUT2D eigenvalue weighted by atomic mass is 10.6. The van der Waals surface area contributed by atoms with Gasteiger partial charge < -0.3 is 0 Å². The molecule has 0 saturated heterocycles. The van der Waals surface area contributed by atoms with Crippen molar-refractivity contribution in [3.8, 4) is 0 Å². The van der Waals surface area contributed by atoms with Crippen LogP contribution in [0.1, 0.15) is 0 Å². The molecule has 2 aliphatic rings. The van der Waals surface area contributed by atoms with Gasteiger partial charge in [-0.3, -0.25) is 0 Å². The first kappa shape index (κ1) is 4.04. The summed E-state index contributed by atoms with van der Waals surface area (Å²) in [5.41, 5.74) is 0. The van der Waals surface area contributed by atoms with Crippen LogP contribution in [0.3, 0.4) is 0 Å². The van der Waals surface area contributed by atoms with Crippen molar-refractivity contribution in [2.45, 2.75) is 0 Å². The Bertz CT molecular complexity index is 210. The summed E-state index contributed by atoms with van der Waals surface area (Å²) in [6.07, 6.45) is 1.46. The van der Waals surface area contributed by atoms with Gasteiger partial charge in [0.05, 0.1) is 0 Å². The Labute approximate surface area is 47.0 Å². The van der Waals surface area contributed by atoms with Crippen LogP contribution >= 0.6 is 8.52 Å². The summed E-state index contributed by atoms with van der Waals surface area (Å²) >= 11 is 0. The Balaban J connectivity index is 2.59. The van der Waals surface area contributed by atoms with Gasteiger partial charge in [0.2, 0.25) is 11.7 Å². The Morgan fingerprint density at radius 3 is 3.25 bits per heavy atom. The van der Waals surface area contributed by atoms with E-state index in [4.69, 9.17) is 0 Å². The third-order valence-corrected chi connectivity index (χ3v) is 1.40. The van der Waals surface area contributed by atoms with Gasteiger partial charge in [-0.1, -0.05) is 0 Å². The summed E-state index contributed by atoms with van der Waals surface area (Å²) in [4.78, 5) is 7.64. The van der Waals surface area contributed by atoms with Gasteiger partial charge in [0.15, 0.2) is 8.52 Å². The number of fused-ring (bicyclic) bond motifs is 1. The third kappa shape index (κ3) is 0.378. The Kier molecular flexibility index (Phi) is 0.652.